The zero-order valence-corrected chi connectivity index (χ0v) is 18.1. The van der Waals surface area contributed by atoms with E-state index in [0.717, 1.165) is 38.4 Å². The Balaban J connectivity index is 1.71. The Morgan fingerprint density at radius 1 is 1.24 bits per heavy atom. The lowest BCUT2D eigenvalue weighted by molar-refractivity contribution is -0.146. The van der Waals surface area contributed by atoms with Crippen LogP contribution in [0.1, 0.15) is 57.6 Å². The van der Waals surface area contributed by atoms with Crippen LogP contribution < -0.4 is 0 Å². The molecular weight excluding hydrogens is 401 g/mol. The van der Waals surface area contributed by atoms with Crippen molar-refractivity contribution in [2.75, 3.05) is 13.1 Å². The molecule has 0 bridgehead atoms. The van der Waals surface area contributed by atoms with Crippen LogP contribution in [-0.2, 0) is 17.5 Å². The zero-order chi connectivity index (χ0) is 21.3. The van der Waals surface area contributed by atoms with E-state index in [1.807, 2.05) is 0 Å². The Labute approximate surface area is 176 Å². The van der Waals surface area contributed by atoms with Crippen molar-refractivity contribution in [2.24, 2.45) is 11.8 Å². The molecule has 2 unspecified atom stereocenters. The van der Waals surface area contributed by atoms with Crippen LogP contribution in [0.3, 0.4) is 0 Å². The van der Waals surface area contributed by atoms with Crippen molar-refractivity contribution in [3.63, 3.8) is 0 Å². The van der Waals surface area contributed by atoms with Gasteiger partial charge in [0, 0.05) is 38.1 Å². The fraction of sp³-hybridized carbons (Fsp3) is 0.682. The summed E-state index contributed by atoms with van der Waals surface area (Å²) in [5, 5.41) is -0.263. The molecule has 2 saturated heterocycles. The van der Waals surface area contributed by atoms with E-state index in [0.29, 0.717) is 30.4 Å². The minimum absolute atomic E-state index is 0.246. The first kappa shape index (κ1) is 22.4. The normalized spacial score (nSPS) is 24.7. The molecule has 1 aromatic rings. The highest BCUT2D eigenvalue weighted by atomic mass is 35.5. The molecule has 1 aromatic carbocycles. The average Bonchev–Trinajstić information content (AvgIpc) is 2.64. The van der Waals surface area contributed by atoms with Crippen LogP contribution in [0.2, 0.25) is 5.02 Å². The minimum Gasteiger partial charge on any atom is -0.336 e. The Bertz CT molecular complexity index is 737. The van der Waals surface area contributed by atoms with Crippen LogP contribution in [0.25, 0.3) is 0 Å². The largest absolute Gasteiger partial charge is 0.417 e. The van der Waals surface area contributed by atoms with E-state index >= 15 is 0 Å². The lowest BCUT2D eigenvalue weighted by Gasteiger charge is -2.50. The number of hydrogen-bond acceptors (Lipinski definition) is 2. The summed E-state index contributed by atoms with van der Waals surface area (Å²) >= 11 is 5.74. The average molecular weight is 431 g/mol. The van der Waals surface area contributed by atoms with Gasteiger partial charge in [0.1, 0.15) is 0 Å². The SMILES string of the molecule is CCC(C(C)C)N1C(=O)CC[C@@H]2CN(Cc3ccc(Cl)c(C(F)(F)F)c3)CCC21. The number of carbonyl (C=O) groups is 1. The predicted molar refractivity (Wildman–Crippen MR) is 109 cm³/mol. The molecule has 0 radical (unpaired) electrons. The molecule has 1 amide bonds. The summed E-state index contributed by atoms with van der Waals surface area (Å²) in [7, 11) is 0. The van der Waals surface area contributed by atoms with Gasteiger partial charge in [-0.1, -0.05) is 38.4 Å². The Morgan fingerprint density at radius 3 is 2.59 bits per heavy atom. The molecule has 0 spiro atoms. The smallest absolute Gasteiger partial charge is 0.336 e. The molecular formula is C22H30ClF3N2O. The summed E-state index contributed by atoms with van der Waals surface area (Å²) in [6.07, 6.45) is -1.20. The van der Waals surface area contributed by atoms with Crippen molar-refractivity contribution >= 4 is 17.5 Å². The maximum absolute atomic E-state index is 13.1. The molecule has 0 N–H and O–H groups in total. The standard InChI is InChI=1S/C22H30ClF3N2O/c1-4-19(14(2)3)28-20-9-10-27(13-16(20)6-8-21(28)29)12-15-5-7-18(23)17(11-15)22(24,25)26/h5,7,11,14,16,19-20H,4,6,8-10,12-13H2,1-3H3/t16-,19?,20?/m1/s1. The van der Waals surface area contributed by atoms with E-state index in [2.05, 4.69) is 30.6 Å². The lowest BCUT2D eigenvalue weighted by atomic mass is 9.81. The van der Waals surface area contributed by atoms with Crippen LogP contribution in [0, 0.1) is 11.8 Å². The van der Waals surface area contributed by atoms with Gasteiger partial charge in [0.2, 0.25) is 5.91 Å². The molecule has 29 heavy (non-hydrogen) atoms. The van der Waals surface area contributed by atoms with Gasteiger partial charge in [-0.05, 0) is 48.8 Å². The Morgan fingerprint density at radius 2 is 1.97 bits per heavy atom. The van der Waals surface area contributed by atoms with Gasteiger partial charge in [-0.3, -0.25) is 9.69 Å². The number of piperidine rings is 2. The summed E-state index contributed by atoms with van der Waals surface area (Å²) in [4.78, 5) is 17.0. The van der Waals surface area contributed by atoms with Gasteiger partial charge in [-0.25, -0.2) is 0 Å². The highest BCUT2D eigenvalue weighted by Crippen LogP contribution is 2.37. The van der Waals surface area contributed by atoms with Crippen molar-refractivity contribution in [2.45, 2.75) is 71.3 Å². The molecule has 2 heterocycles. The topological polar surface area (TPSA) is 23.6 Å². The number of benzene rings is 1. The molecule has 3 rings (SSSR count). The molecule has 2 aliphatic heterocycles. The van der Waals surface area contributed by atoms with Crippen molar-refractivity contribution in [3.8, 4) is 0 Å². The van der Waals surface area contributed by atoms with Crippen LogP contribution in [0.4, 0.5) is 13.2 Å². The van der Waals surface area contributed by atoms with Gasteiger partial charge in [-0.2, -0.15) is 13.2 Å². The van der Waals surface area contributed by atoms with Gasteiger partial charge < -0.3 is 4.90 Å². The zero-order valence-electron chi connectivity index (χ0n) is 17.3. The summed E-state index contributed by atoms with van der Waals surface area (Å²) in [5.41, 5.74) is -0.152. The van der Waals surface area contributed by atoms with E-state index in [-0.39, 0.29) is 23.0 Å². The first-order valence-electron chi connectivity index (χ1n) is 10.5. The number of nitrogens with zero attached hydrogens (tertiary/aromatic N) is 2. The third-order valence-corrected chi connectivity index (χ3v) is 6.77. The van der Waals surface area contributed by atoms with Crippen LogP contribution >= 0.6 is 11.6 Å². The number of rotatable bonds is 5. The number of alkyl halides is 3. The molecule has 0 aliphatic carbocycles. The molecule has 162 valence electrons. The summed E-state index contributed by atoms with van der Waals surface area (Å²) in [6, 6.07) is 4.67. The maximum Gasteiger partial charge on any atom is 0.417 e. The number of amides is 1. The molecule has 0 saturated carbocycles. The third-order valence-electron chi connectivity index (χ3n) is 6.44. The van der Waals surface area contributed by atoms with E-state index in [1.165, 1.54) is 6.07 Å². The summed E-state index contributed by atoms with van der Waals surface area (Å²) in [5.74, 6) is 1.05. The van der Waals surface area contributed by atoms with Crippen molar-refractivity contribution in [1.82, 2.24) is 9.80 Å². The Kier molecular flexibility index (Phi) is 6.84. The van der Waals surface area contributed by atoms with Gasteiger partial charge in [0.25, 0.3) is 0 Å². The first-order valence-corrected chi connectivity index (χ1v) is 10.9. The molecule has 2 aliphatic rings. The second-order valence-corrected chi connectivity index (χ2v) is 9.13. The quantitative estimate of drug-likeness (QED) is 0.606. The van der Waals surface area contributed by atoms with Gasteiger partial charge in [-0.15, -0.1) is 0 Å². The monoisotopic (exact) mass is 430 g/mol. The Hall–Kier alpha value is -1.27. The third kappa shape index (κ3) is 4.91. The fourth-order valence-corrected chi connectivity index (χ4v) is 5.30. The van der Waals surface area contributed by atoms with E-state index in [1.54, 1.807) is 6.07 Å². The van der Waals surface area contributed by atoms with E-state index < -0.39 is 11.7 Å². The number of fused-ring (bicyclic) bond motifs is 1. The van der Waals surface area contributed by atoms with Crippen molar-refractivity contribution in [3.05, 3.63) is 34.3 Å². The van der Waals surface area contributed by atoms with Gasteiger partial charge in [0.15, 0.2) is 0 Å². The highest BCUT2D eigenvalue weighted by molar-refractivity contribution is 6.31. The molecule has 7 heteroatoms. The van der Waals surface area contributed by atoms with Crippen molar-refractivity contribution in [1.29, 1.82) is 0 Å². The van der Waals surface area contributed by atoms with Gasteiger partial charge in [0.05, 0.1) is 10.6 Å². The number of hydrogen-bond donors (Lipinski definition) is 0. The number of halogens is 4. The lowest BCUT2D eigenvalue weighted by Crippen LogP contribution is -2.59. The molecule has 2 fully saturated rings. The molecule has 3 nitrogen and oxygen atoms in total. The minimum atomic E-state index is -4.45. The number of carbonyl (C=O) groups excluding carboxylic acids is 1. The van der Waals surface area contributed by atoms with E-state index in [4.69, 9.17) is 11.6 Å². The molecule has 3 atom stereocenters. The van der Waals surface area contributed by atoms with Crippen LogP contribution in [-0.4, -0.2) is 40.9 Å². The first-order chi connectivity index (χ1) is 13.6. The van der Waals surface area contributed by atoms with Gasteiger partial charge >= 0.3 is 6.18 Å². The van der Waals surface area contributed by atoms with Crippen LogP contribution in [0.5, 0.6) is 0 Å². The number of likely N-dealkylation sites (tertiary alicyclic amines) is 2. The summed E-state index contributed by atoms with van der Waals surface area (Å²) in [6.45, 7) is 8.53. The summed E-state index contributed by atoms with van der Waals surface area (Å²) < 4.78 is 39.4. The maximum atomic E-state index is 13.1. The fourth-order valence-electron chi connectivity index (χ4n) is 5.08. The van der Waals surface area contributed by atoms with Crippen LogP contribution in [0.15, 0.2) is 18.2 Å². The van der Waals surface area contributed by atoms with Crippen molar-refractivity contribution < 1.29 is 18.0 Å². The second-order valence-electron chi connectivity index (χ2n) is 8.72. The predicted octanol–water partition coefficient (Wildman–Crippen LogP) is 5.61. The highest BCUT2D eigenvalue weighted by Gasteiger charge is 2.42. The van der Waals surface area contributed by atoms with E-state index in [9.17, 15) is 18.0 Å². The second kappa shape index (κ2) is 8.84. The molecule has 0 aromatic heterocycles.